The zero-order valence-corrected chi connectivity index (χ0v) is 13.0. The molecule has 2 fully saturated rings. The Morgan fingerprint density at radius 3 is 2.52 bits per heavy atom. The molecule has 2 atom stereocenters. The summed E-state index contributed by atoms with van der Waals surface area (Å²) in [6.45, 7) is 4.31. The molecule has 1 N–H and O–H groups in total. The third-order valence-corrected chi connectivity index (χ3v) is 5.19. The molecular weight excluding hydrogens is 300 g/mol. The van der Waals surface area contributed by atoms with Crippen LogP contribution in [0.5, 0.6) is 0 Å². The number of nitro groups is 2. The summed E-state index contributed by atoms with van der Waals surface area (Å²) >= 11 is 0. The first kappa shape index (κ1) is 15.4. The summed E-state index contributed by atoms with van der Waals surface area (Å²) in [6.07, 6.45) is 3.43. The van der Waals surface area contributed by atoms with E-state index in [1.165, 1.54) is 18.6 Å². The Kier molecular flexibility index (Phi) is 3.54. The average Bonchev–Trinajstić information content (AvgIpc) is 3.04. The van der Waals surface area contributed by atoms with Crippen molar-refractivity contribution < 1.29 is 9.85 Å². The fraction of sp³-hybridized carbons (Fsp3) is 0.533. The first-order valence-electron chi connectivity index (χ1n) is 7.57. The van der Waals surface area contributed by atoms with Crippen LogP contribution in [0.3, 0.4) is 0 Å². The molecule has 23 heavy (non-hydrogen) atoms. The number of nitrogens with zero attached hydrogens (tertiary/aromatic N) is 3. The smallest absolute Gasteiger partial charge is 0.272 e. The van der Waals surface area contributed by atoms with Crippen molar-refractivity contribution in [2.24, 2.45) is 22.4 Å². The molecule has 0 spiro atoms. The molecule has 2 aliphatic rings. The predicted octanol–water partition coefficient (Wildman–Crippen LogP) is 3.73. The van der Waals surface area contributed by atoms with Crippen LogP contribution >= 0.6 is 0 Å². The third-order valence-electron chi connectivity index (χ3n) is 5.19. The quantitative estimate of drug-likeness (QED) is 0.671. The van der Waals surface area contributed by atoms with E-state index in [0.29, 0.717) is 11.8 Å². The van der Waals surface area contributed by atoms with Crippen molar-refractivity contribution in [3.63, 3.8) is 0 Å². The Hall–Kier alpha value is -2.51. The molecule has 122 valence electrons. The van der Waals surface area contributed by atoms with Gasteiger partial charge in [-0.2, -0.15) is 5.10 Å². The molecule has 8 nitrogen and oxygen atoms in total. The van der Waals surface area contributed by atoms with Crippen LogP contribution < -0.4 is 5.43 Å². The summed E-state index contributed by atoms with van der Waals surface area (Å²) < 4.78 is 0. The number of nitrogens with one attached hydrogen (secondary N) is 1. The second-order valence-corrected chi connectivity index (χ2v) is 6.75. The van der Waals surface area contributed by atoms with Crippen LogP contribution in [0.1, 0.15) is 33.1 Å². The van der Waals surface area contributed by atoms with Gasteiger partial charge in [0.15, 0.2) is 0 Å². The minimum atomic E-state index is -0.651. The van der Waals surface area contributed by atoms with Crippen molar-refractivity contribution in [1.29, 1.82) is 0 Å². The van der Waals surface area contributed by atoms with Crippen LogP contribution in [0.25, 0.3) is 0 Å². The second-order valence-electron chi connectivity index (χ2n) is 6.75. The Morgan fingerprint density at radius 2 is 1.96 bits per heavy atom. The molecule has 0 aromatic heterocycles. The van der Waals surface area contributed by atoms with Crippen LogP contribution in [-0.2, 0) is 0 Å². The maximum Gasteiger partial charge on any atom is 0.301 e. The highest BCUT2D eigenvalue weighted by molar-refractivity contribution is 5.95. The molecule has 2 aliphatic carbocycles. The number of hydrogen-bond donors (Lipinski definition) is 1. The number of rotatable bonds is 4. The number of hydrazone groups is 1. The molecule has 0 aliphatic heterocycles. The molecule has 3 rings (SSSR count). The van der Waals surface area contributed by atoms with E-state index in [1.54, 1.807) is 0 Å². The lowest BCUT2D eigenvalue weighted by molar-refractivity contribution is -0.393. The van der Waals surface area contributed by atoms with Crippen molar-refractivity contribution in [1.82, 2.24) is 0 Å². The highest BCUT2D eigenvalue weighted by atomic mass is 16.6. The maximum atomic E-state index is 11.1. The van der Waals surface area contributed by atoms with Gasteiger partial charge >= 0.3 is 5.69 Å². The van der Waals surface area contributed by atoms with Gasteiger partial charge in [-0.1, -0.05) is 13.8 Å². The van der Waals surface area contributed by atoms with Crippen LogP contribution in [0, 0.1) is 37.5 Å². The molecule has 0 saturated heterocycles. The average molecular weight is 318 g/mol. The van der Waals surface area contributed by atoms with Gasteiger partial charge in [-0.05, 0) is 37.2 Å². The lowest BCUT2D eigenvalue weighted by Crippen LogP contribution is -2.31. The molecule has 2 unspecified atom stereocenters. The summed E-state index contributed by atoms with van der Waals surface area (Å²) in [7, 11) is 0. The van der Waals surface area contributed by atoms with Crippen molar-refractivity contribution in [3.8, 4) is 0 Å². The van der Waals surface area contributed by atoms with Crippen molar-refractivity contribution in [3.05, 3.63) is 38.4 Å². The van der Waals surface area contributed by atoms with E-state index in [-0.39, 0.29) is 22.5 Å². The monoisotopic (exact) mass is 318 g/mol. The van der Waals surface area contributed by atoms with Crippen LogP contribution in [0.2, 0.25) is 0 Å². The predicted molar refractivity (Wildman–Crippen MR) is 85.4 cm³/mol. The van der Waals surface area contributed by atoms with Gasteiger partial charge in [0, 0.05) is 17.2 Å². The first-order chi connectivity index (χ1) is 10.8. The minimum absolute atomic E-state index is 0.00846. The zero-order valence-electron chi connectivity index (χ0n) is 13.0. The molecule has 0 radical (unpaired) electrons. The lowest BCUT2D eigenvalue weighted by Gasteiger charge is -2.31. The van der Waals surface area contributed by atoms with E-state index in [2.05, 4.69) is 24.4 Å². The molecule has 8 heteroatoms. The summed E-state index contributed by atoms with van der Waals surface area (Å²) in [5.41, 5.74) is 3.32. The summed E-state index contributed by atoms with van der Waals surface area (Å²) in [4.78, 5) is 20.6. The molecule has 1 aromatic rings. The highest BCUT2D eigenvalue weighted by Crippen LogP contribution is 2.53. The Balaban J connectivity index is 1.90. The number of fused-ring (bicyclic) bond motifs is 2. The molecule has 2 saturated carbocycles. The fourth-order valence-electron chi connectivity index (χ4n) is 3.86. The van der Waals surface area contributed by atoms with Crippen LogP contribution in [0.15, 0.2) is 23.3 Å². The SMILES string of the molecule is CC1(C)/C(=N\Nc2ccc([N+](=O)[O-])cc2[N+](=O)[O-])C2CCC1C2. The molecule has 0 heterocycles. The highest BCUT2D eigenvalue weighted by Gasteiger charge is 2.50. The topological polar surface area (TPSA) is 111 Å². The fourth-order valence-corrected chi connectivity index (χ4v) is 3.86. The number of hydrogen-bond acceptors (Lipinski definition) is 6. The maximum absolute atomic E-state index is 11.1. The van der Waals surface area contributed by atoms with Crippen LogP contribution in [-0.4, -0.2) is 15.6 Å². The lowest BCUT2D eigenvalue weighted by atomic mass is 9.75. The van der Waals surface area contributed by atoms with Gasteiger partial charge in [0.2, 0.25) is 0 Å². The van der Waals surface area contributed by atoms with Crippen molar-refractivity contribution >= 4 is 22.8 Å². The summed E-state index contributed by atoms with van der Waals surface area (Å²) in [6, 6.07) is 3.52. The van der Waals surface area contributed by atoms with Gasteiger partial charge in [0.25, 0.3) is 5.69 Å². The Labute approximate surface area is 132 Å². The first-order valence-corrected chi connectivity index (χ1v) is 7.57. The van der Waals surface area contributed by atoms with Crippen molar-refractivity contribution in [2.75, 3.05) is 5.43 Å². The minimum Gasteiger partial charge on any atom is -0.272 e. The Bertz CT molecular complexity index is 713. The van der Waals surface area contributed by atoms with E-state index >= 15 is 0 Å². The van der Waals surface area contributed by atoms with Gasteiger partial charge in [-0.15, -0.1) is 0 Å². The van der Waals surface area contributed by atoms with E-state index in [0.717, 1.165) is 24.6 Å². The van der Waals surface area contributed by atoms with Gasteiger partial charge in [0.1, 0.15) is 5.69 Å². The van der Waals surface area contributed by atoms with E-state index in [1.807, 2.05) is 0 Å². The Morgan fingerprint density at radius 1 is 1.22 bits per heavy atom. The standard InChI is InChI=1S/C15H18N4O4/c1-15(2)10-4-3-9(7-10)14(15)17-16-12-6-5-11(18(20)21)8-13(12)19(22)23/h5-6,8-10,16H,3-4,7H2,1-2H3/b17-14-. The van der Waals surface area contributed by atoms with Gasteiger partial charge in [-0.3, -0.25) is 25.7 Å². The largest absolute Gasteiger partial charge is 0.301 e. The number of anilines is 1. The summed E-state index contributed by atoms with van der Waals surface area (Å²) in [5.74, 6) is 1.04. The molecular formula is C15H18N4O4. The second kappa shape index (κ2) is 5.29. The van der Waals surface area contributed by atoms with Gasteiger partial charge in [-0.25, -0.2) is 0 Å². The number of nitro benzene ring substituents is 2. The van der Waals surface area contributed by atoms with E-state index < -0.39 is 9.85 Å². The molecule has 2 bridgehead atoms. The molecule has 1 aromatic carbocycles. The summed E-state index contributed by atoms with van der Waals surface area (Å²) in [5, 5.41) is 26.3. The normalized spacial score (nSPS) is 26.4. The van der Waals surface area contributed by atoms with Crippen LogP contribution in [0.4, 0.5) is 17.1 Å². The van der Waals surface area contributed by atoms with E-state index in [9.17, 15) is 20.2 Å². The van der Waals surface area contributed by atoms with Gasteiger partial charge < -0.3 is 0 Å². The number of non-ortho nitro benzene ring substituents is 1. The number of benzene rings is 1. The molecule has 0 amide bonds. The van der Waals surface area contributed by atoms with E-state index in [4.69, 9.17) is 0 Å². The van der Waals surface area contributed by atoms with Gasteiger partial charge in [0.05, 0.1) is 15.9 Å². The zero-order chi connectivity index (χ0) is 16.8. The third kappa shape index (κ3) is 2.54. The van der Waals surface area contributed by atoms with Crippen molar-refractivity contribution in [2.45, 2.75) is 33.1 Å².